The number of rotatable bonds is 5. The Morgan fingerprint density at radius 1 is 1.15 bits per heavy atom. The van der Waals surface area contributed by atoms with E-state index in [-0.39, 0.29) is 5.56 Å². The minimum Gasteiger partial charge on any atom is -0.478 e. The summed E-state index contributed by atoms with van der Waals surface area (Å²) in [7, 11) is 0. The smallest absolute Gasteiger partial charge is 0.335 e. The summed E-state index contributed by atoms with van der Waals surface area (Å²) in [4.78, 5) is 18.2. The van der Waals surface area contributed by atoms with Gasteiger partial charge in [0.25, 0.3) is 0 Å². The molecule has 0 spiro atoms. The highest BCUT2D eigenvalue weighted by molar-refractivity contribution is 5.95. The molecule has 0 aromatic heterocycles. The highest BCUT2D eigenvalue weighted by Gasteiger charge is 2.25. The fourth-order valence-corrected chi connectivity index (χ4v) is 3.17. The quantitative estimate of drug-likeness (QED) is 0.792. The van der Waals surface area contributed by atoms with Crippen LogP contribution >= 0.6 is 0 Å². The van der Waals surface area contributed by atoms with E-state index in [0.717, 1.165) is 30.8 Å². The first kappa shape index (κ1) is 17.9. The maximum atomic E-state index is 11.0. The molecule has 1 unspecified atom stereocenters. The Hall–Kier alpha value is -2.88. The molecular formula is C22H24N2O2. The first-order chi connectivity index (χ1) is 12.6. The van der Waals surface area contributed by atoms with Gasteiger partial charge in [0.2, 0.25) is 0 Å². The second-order valence-corrected chi connectivity index (χ2v) is 6.50. The van der Waals surface area contributed by atoms with Crippen molar-refractivity contribution in [3.8, 4) is 0 Å². The minimum atomic E-state index is -0.919. The summed E-state index contributed by atoms with van der Waals surface area (Å²) >= 11 is 0. The van der Waals surface area contributed by atoms with E-state index in [1.165, 1.54) is 11.3 Å². The molecule has 0 bridgehead atoms. The van der Waals surface area contributed by atoms with Crippen LogP contribution in [0, 0.1) is 0 Å². The number of allylic oxidation sites excluding steroid dienone is 1. The van der Waals surface area contributed by atoms with E-state index in [2.05, 4.69) is 49.1 Å². The number of aromatic carboxylic acids is 1. The normalized spacial score (nSPS) is 17.1. The van der Waals surface area contributed by atoms with Crippen molar-refractivity contribution in [3.63, 3.8) is 0 Å². The van der Waals surface area contributed by atoms with Gasteiger partial charge in [0, 0.05) is 18.2 Å². The second-order valence-electron chi connectivity index (χ2n) is 6.50. The van der Waals surface area contributed by atoms with Crippen molar-refractivity contribution in [2.75, 3.05) is 0 Å². The van der Waals surface area contributed by atoms with Gasteiger partial charge >= 0.3 is 5.97 Å². The van der Waals surface area contributed by atoms with Crippen LogP contribution in [0.25, 0.3) is 5.70 Å². The van der Waals surface area contributed by atoms with Crippen molar-refractivity contribution in [3.05, 3.63) is 71.8 Å². The monoisotopic (exact) mass is 348 g/mol. The van der Waals surface area contributed by atoms with Gasteiger partial charge in [-0.1, -0.05) is 43.3 Å². The van der Waals surface area contributed by atoms with Crippen molar-refractivity contribution < 1.29 is 9.90 Å². The predicted octanol–water partition coefficient (Wildman–Crippen LogP) is 5.35. The van der Waals surface area contributed by atoms with Crippen LogP contribution in [0.3, 0.4) is 0 Å². The lowest BCUT2D eigenvalue weighted by atomic mass is 10.0. The largest absolute Gasteiger partial charge is 0.478 e. The van der Waals surface area contributed by atoms with Gasteiger partial charge < -0.3 is 10.0 Å². The first-order valence-corrected chi connectivity index (χ1v) is 9.06. The summed E-state index contributed by atoms with van der Waals surface area (Å²) in [6.07, 6.45) is 5.12. The Balaban J connectivity index is 1.97. The molecule has 1 atom stereocenters. The molecule has 4 heteroatoms. The van der Waals surface area contributed by atoms with Crippen LogP contribution in [0.15, 0.2) is 65.7 Å². The Morgan fingerprint density at radius 2 is 1.85 bits per heavy atom. The molecule has 0 fully saturated rings. The molecule has 2 aromatic rings. The molecule has 26 heavy (non-hydrogen) atoms. The molecule has 0 aliphatic carbocycles. The van der Waals surface area contributed by atoms with E-state index in [0.29, 0.717) is 6.04 Å². The summed E-state index contributed by atoms with van der Waals surface area (Å²) in [5, 5.41) is 9.05. The number of carboxylic acid groups (broad SMARTS) is 1. The molecule has 1 aliphatic rings. The van der Waals surface area contributed by atoms with Crippen molar-refractivity contribution in [2.45, 2.75) is 39.2 Å². The molecule has 4 nitrogen and oxygen atoms in total. The van der Waals surface area contributed by atoms with Gasteiger partial charge in [-0.2, -0.15) is 0 Å². The maximum absolute atomic E-state index is 11.0. The van der Waals surface area contributed by atoms with Crippen molar-refractivity contribution in [1.82, 2.24) is 4.90 Å². The number of carboxylic acids is 1. The number of aliphatic imine (C=N–C) groups is 1. The van der Waals surface area contributed by atoms with Crippen molar-refractivity contribution in [2.24, 2.45) is 4.99 Å². The molecule has 0 amide bonds. The Morgan fingerprint density at radius 3 is 2.46 bits per heavy atom. The van der Waals surface area contributed by atoms with E-state index in [9.17, 15) is 4.79 Å². The van der Waals surface area contributed by atoms with E-state index >= 15 is 0 Å². The standard InChI is InChI=1S/C22H24N2O2/c1-3-16(2)24-20(17-8-5-4-6-9-17)10-7-11-21(24)23-19-14-12-18(13-15-19)22(25)26/h4-6,8-10,12-16H,3,7,11H2,1-2H3,(H,25,26). The van der Waals surface area contributed by atoms with Gasteiger partial charge in [0.15, 0.2) is 0 Å². The zero-order valence-corrected chi connectivity index (χ0v) is 15.2. The van der Waals surface area contributed by atoms with Crippen LogP contribution in [-0.2, 0) is 0 Å². The highest BCUT2D eigenvalue weighted by Crippen LogP contribution is 2.30. The average molecular weight is 348 g/mol. The molecule has 0 saturated heterocycles. The Bertz CT molecular complexity index is 823. The topological polar surface area (TPSA) is 52.9 Å². The summed E-state index contributed by atoms with van der Waals surface area (Å²) in [6, 6.07) is 17.5. The molecule has 1 aliphatic heterocycles. The lowest BCUT2D eigenvalue weighted by molar-refractivity contribution is 0.0697. The Labute approximate surface area is 154 Å². The van der Waals surface area contributed by atoms with Gasteiger partial charge in [-0.15, -0.1) is 0 Å². The molecular weight excluding hydrogens is 324 g/mol. The molecule has 1 heterocycles. The molecule has 0 radical (unpaired) electrons. The molecule has 0 saturated carbocycles. The van der Waals surface area contributed by atoms with Crippen LogP contribution < -0.4 is 0 Å². The van der Waals surface area contributed by atoms with Crippen molar-refractivity contribution >= 4 is 23.2 Å². The lowest BCUT2D eigenvalue weighted by Crippen LogP contribution is -2.38. The van der Waals surface area contributed by atoms with E-state index in [1.807, 2.05) is 6.07 Å². The summed E-state index contributed by atoms with van der Waals surface area (Å²) in [5.41, 5.74) is 3.46. The second kappa shape index (κ2) is 8.00. The lowest BCUT2D eigenvalue weighted by Gasteiger charge is -2.36. The molecule has 134 valence electrons. The number of nitrogens with zero attached hydrogens (tertiary/aromatic N) is 2. The number of benzene rings is 2. The van der Waals surface area contributed by atoms with E-state index in [4.69, 9.17) is 10.1 Å². The SMILES string of the molecule is CCC(C)N1C(c2ccccc2)=CCCC1=Nc1ccc(C(=O)O)cc1. The third-order valence-electron chi connectivity index (χ3n) is 4.72. The third kappa shape index (κ3) is 3.85. The number of hydrogen-bond acceptors (Lipinski definition) is 2. The average Bonchev–Trinajstić information content (AvgIpc) is 2.68. The summed E-state index contributed by atoms with van der Waals surface area (Å²) in [6.45, 7) is 4.40. The van der Waals surface area contributed by atoms with Gasteiger partial charge in [-0.05, 0) is 49.6 Å². The van der Waals surface area contributed by atoms with E-state index in [1.54, 1.807) is 24.3 Å². The van der Waals surface area contributed by atoms with Crippen LogP contribution in [0.2, 0.25) is 0 Å². The Kier molecular flexibility index (Phi) is 5.52. The number of hydrogen-bond donors (Lipinski definition) is 1. The summed E-state index contributed by atoms with van der Waals surface area (Å²) < 4.78 is 0. The molecule has 3 rings (SSSR count). The van der Waals surface area contributed by atoms with Gasteiger partial charge in [0.1, 0.15) is 5.84 Å². The predicted molar refractivity (Wildman–Crippen MR) is 106 cm³/mol. The third-order valence-corrected chi connectivity index (χ3v) is 4.72. The van der Waals surface area contributed by atoms with Crippen molar-refractivity contribution in [1.29, 1.82) is 0 Å². The zero-order valence-electron chi connectivity index (χ0n) is 15.2. The number of amidine groups is 1. The van der Waals surface area contributed by atoms with Crippen LogP contribution in [0.5, 0.6) is 0 Å². The van der Waals surface area contributed by atoms with Crippen LogP contribution in [-0.4, -0.2) is 27.9 Å². The fraction of sp³-hybridized carbons (Fsp3) is 0.273. The van der Waals surface area contributed by atoms with Gasteiger partial charge in [-0.25, -0.2) is 9.79 Å². The van der Waals surface area contributed by atoms with Gasteiger partial charge in [-0.3, -0.25) is 0 Å². The fourth-order valence-electron chi connectivity index (χ4n) is 3.17. The van der Waals surface area contributed by atoms with Crippen LogP contribution in [0.1, 0.15) is 49.0 Å². The van der Waals surface area contributed by atoms with E-state index < -0.39 is 5.97 Å². The highest BCUT2D eigenvalue weighted by atomic mass is 16.4. The zero-order chi connectivity index (χ0) is 18.5. The number of carbonyl (C=O) groups is 1. The molecule has 2 aromatic carbocycles. The maximum Gasteiger partial charge on any atom is 0.335 e. The van der Waals surface area contributed by atoms with Gasteiger partial charge in [0.05, 0.1) is 11.3 Å². The first-order valence-electron chi connectivity index (χ1n) is 9.06. The van der Waals surface area contributed by atoms with Crippen LogP contribution in [0.4, 0.5) is 5.69 Å². The molecule has 1 N–H and O–H groups in total. The summed E-state index contributed by atoms with van der Waals surface area (Å²) in [5.74, 6) is 0.112. The minimum absolute atomic E-state index is 0.279.